The maximum absolute atomic E-state index is 4.86. The monoisotopic (exact) mass is 204 g/mol. The van der Waals surface area contributed by atoms with Crippen molar-refractivity contribution < 1.29 is 24.3 Å². The number of hydrogen-bond acceptors (Lipinski definition) is 5. The Morgan fingerprint density at radius 2 is 1.57 bits per heavy atom. The van der Waals surface area contributed by atoms with Crippen molar-refractivity contribution in [2.45, 2.75) is 19.1 Å². The fraction of sp³-hybridized carbons (Fsp3) is 0.778. The predicted molar refractivity (Wildman–Crippen MR) is 48.3 cm³/mol. The molecular weight excluding hydrogens is 188 g/mol. The van der Waals surface area contributed by atoms with Gasteiger partial charge in [-0.15, -0.1) is 6.58 Å². The zero-order valence-electron chi connectivity index (χ0n) is 8.31. The van der Waals surface area contributed by atoms with Gasteiger partial charge in [0.2, 0.25) is 0 Å². The smallest absolute Gasteiger partial charge is 0.114 e. The summed E-state index contributed by atoms with van der Waals surface area (Å²) in [6.45, 7) is 7.64. The molecule has 2 heterocycles. The molecule has 82 valence electrons. The molecule has 0 aromatic carbocycles. The van der Waals surface area contributed by atoms with E-state index >= 15 is 0 Å². The van der Waals surface area contributed by atoms with Crippen molar-refractivity contribution >= 4 is 0 Å². The molecule has 14 heavy (non-hydrogen) atoms. The Hall–Kier alpha value is -0.460. The van der Waals surface area contributed by atoms with E-state index in [0.29, 0.717) is 13.2 Å². The topological polar surface area (TPSA) is 52.8 Å². The third kappa shape index (κ3) is 6.99. The zero-order valence-corrected chi connectivity index (χ0v) is 8.31. The van der Waals surface area contributed by atoms with Gasteiger partial charge >= 0.3 is 0 Å². The lowest BCUT2D eigenvalue weighted by atomic mass is 10.5. The van der Waals surface area contributed by atoms with Gasteiger partial charge in [-0.25, -0.2) is 9.78 Å². The van der Waals surface area contributed by atoms with E-state index in [4.69, 9.17) is 9.47 Å². The molecule has 2 aliphatic rings. The molecule has 0 spiro atoms. The average Bonchev–Trinajstić information content (AvgIpc) is 3.01. The van der Waals surface area contributed by atoms with Crippen molar-refractivity contribution in [1.29, 1.82) is 0 Å². The molecule has 2 saturated heterocycles. The molecule has 5 nitrogen and oxygen atoms in total. The van der Waals surface area contributed by atoms with Gasteiger partial charge in [-0.3, -0.25) is 0 Å². The first kappa shape index (κ1) is 11.6. The third-order valence-electron chi connectivity index (χ3n) is 1.41. The Balaban J connectivity index is 0.000000293. The molecule has 0 bridgehead atoms. The average molecular weight is 204 g/mol. The van der Waals surface area contributed by atoms with Gasteiger partial charge < -0.3 is 9.47 Å². The third-order valence-corrected chi connectivity index (χ3v) is 1.41. The van der Waals surface area contributed by atoms with E-state index in [2.05, 4.69) is 21.4 Å². The van der Waals surface area contributed by atoms with E-state index < -0.39 is 0 Å². The van der Waals surface area contributed by atoms with Crippen LogP contribution in [0.15, 0.2) is 12.7 Å². The van der Waals surface area contributed by atoms with Crippen molar-refractivity contribution in [2.75, 3.05) is 26.4 Å². The fourth-order valence-corrected chi connectivity index (χ4v) is 0.570. The second-order valence-electron chi connectivity index (χ2n) is 2.96. The normalized spacial score (nSPS) is 27.5. The molecule has 0 N–H and O–H groups in total. The fourth-order valence-electron chi connectivity index (χ4n) is 0.570. The molecule has 0 saturated carbocycles. The number of epoxide rings is 2. The lowest BCUT2D eigenvalue weighted by Gasteiger charge is -1.98. The highest BCUT2D eigenvalue weighted by atomic mass is 17.5. The molecule has 0 radical (unpaired) electrons. The molecular formula is C9H16O5. The summed E-state index contributed by atoms with van der Waals surface area (Å²) >= 11 is 0. The molecule has 2 fully saturated rings. The van der Waals surface area contributed by atoms with Crippen LogP contribution in [0.3, 0.4) is 0 Å². The Morgan fingerprint density at radius 1 is 1.21 bits per heavy atom. The van der Waals surface area contributed by atoms with Gasteiger partial charge in [0, 0.05) is 0 Å². The Kier molecular flexibility index (Phi) is 5.74. The lowest BCUT2D eigenvalue weighted by Crippen LogP contribution is -2.06. The molecule has 0 aromatic heterocycles. The van der Waals surface area contributed by atoms with Gasteiger partial charge in [-0.2, -0.15) is 0 Å². The highest BCUT2D eigenvalue weighted by molar-refractivity contribution is 4.66. The summed E-state index contributed by atoms with van der Waals surface area (Å²) < 4.78 is 9.73. The Morgan fingerprint density at radius 3 is 1.86 bits per heavy atom. The molecule has 2 unspecified atom stereocenters. The van der Waals surface area contributed by atoms with E-state index in [1.54, 1.807) is 6.08 Å². The maximum Gasteiger partial charge on any atom is 0.114 e. The minimum Gasteiger partial charge on any atom is -0.370 e. The van der Waals surface area contributed by atoms with Crippen molar-refractivity contribution in [3.05, 3.63) is 12.7 Å². The van der Waals surface area contributed by atoms with Gasteiger partial charge in [-0.05, 0) is 6.92 Å². The molecule has 2 atom stereocenters. The highest BCUT2D eigenvalue weighted by Crippen LogP contribution is 2.10. The summed E-state index contributed by atoms with van der Waals surface area (Å²) in [5.41, 5.74) is 0. The van der Waals surface area contributed by atoms with Crippen LogP contribution in [-0.4, -0.2) is 38.6 Å². The van der Waals surface area contributed by atoms with Crippen molar-refractivity contribution in [3.63, 3.8) is 0 Å². The number of ether oxygens (including phenoxy) is 2. The molecule has 2 aliphatic heterocycles. The van der Waals surface area contributed by atoms with E-state index in [9.17, 15) is 0 Å². The van der Waals surface area contributed by atoms with Crippen LogP contribution in [-0.2, 0) is 24.3 Å². The lowest BCUT2D eigenvalue weighted by molar-refractivity contribution is -0.513. The summed E-state index contributed by atoms with van der Waals surface area (Å²) in [5.74, 6) is 0. The number of hydrogen-bond donors (Lipinski definition) is 0. The van der Waals surface area contributed by atoms with E-state index in [1.165, 1.54) is 0 Å². The second kappa shape index (κ2) is 6.92. The van der Waals surface area contributed by atoms with Crippen molar-refractivity contribution in [1.82, 2.24) is 0 Å². The van der Waals surface area contributed by atoms with Crippen LogP contribution < -0.4 is 0 Å². The van der Waals surface area contributed by atoms with Gasteiger partial charge in [0.25, 0.3) is 0 Å². The number of allylic oxidation sites excluding steroid dienone is 1. The maximum atomic E-state index is 4.86. The van der Waals surface area contributed by atoms with E-state index in [0.717, 1.165) is 13.2 Å². The minimum atomic E-state index is 0.204. The highest BCUT2D eigenvalue weighted by Gasteiger charge is 2.25. The van der Waals surface area contributed by atoms with E-state index in [1.807, 2.05) is 6.92 Å². The van der Waals surface area contributed by atoms with E-state index in [-0.39, 0.29) is 12.2 Å². The van der Waals surface area contributed by atoms with Crippen molar-refractivity contribution in [2.24, 2.45) is 0 Å². The summed E-state index contributed by atoms with van der Waals surface area (Å²) in [6, 6.07) is 0. The molecule has 2 rings (SSSR count). The summed E-state index contributed by atoms with van der Waals surface area (Å²) in [5, 5.41) is 4.38. The molecule has 0 aliphatic carbocycles. The minimum absolute atomic E-state index is 0.204. The number of rotatable bonds is 6. The first-order valence-corrected chi connectivity index (χ1v) is 4.58. The molecule has 0 amide bonds. The van der Waals surface area contributed by atoms with Crippen LogP contribution in [0, 0.1) is 0 Å². The quantitative estimate of drug-likeness (QED) is 0.211. The van der Waals surface area contributed by atoms with Crippen LogP contribution in [0.1, 0.15) is 6.92 Å². The van der Waals surface area contributed by atoms with Crippen LogP contribution in [0.4, 0.5) is 0 Å². The predicted octanol–water partition coefficient (Wildman–Crippen LogP) is 0.856. The summed E-state index contributed by atoms with van der Waals surface area (Å²) in [7, 11) is 0. The van der Waals surface area contributed by atoms with Crippen LogP contribution >= 0.6 is 0 Å². The largest absolute Gasteiger partial charge is 0.370 e. The SMILES string of the molecule is C(OOOCC1CO1)C1CO1.C=CC. The molecule has 0 aromatic rings. The zero-order chi connectivity index (χ0) is 10.2. The van der Waals surface area contributed by atoms with Crippen LogP contribution in [0.2, 0.25) is 0 Å². The molecule has 5 heteroatoms. The van der Waals surface area contributed by atoms with Gasteiger partial charge in [0.05, 0.1) is 13.2 Å². The standard InChI is InChI=1S/C6H10O5.C3H6/c1-5(7-1)3-9-11-10-4-6-2-8-6;1-3-2/h5-6H,1-4H2;3H,1H2,2H3. The van der Waals surface area contributed by atoms with Crippen LogP contribution in [0.5, 0.6) is 0 Å². The van der Waals surface area contributed by atoms with Gasteiger partial charge in [0.1, 0.15) is 25.4 Å². The van der Waals surface area contributed by atoms with Crippen LogP contribution in [0.25, 0.3) is 0 Å². The van der Waals surface area contributed by atoms with Crippen molar-refractivity contribution in [3.8, 4) is 0 Å². The first-order chi connectivity index (χ1) is 6.86. The van der Waals surface area contributed by atoms with Gasteiger partial charge in [0.15, 0.2) is 0 Å². The Labute approximate surface area is 83.4 Å². The van der Waals surface area contributed by atoms with Gasteiger partial charge in [-0.1, -0.05) is 11.1 Å². The second-order valence-corrected chi connectivity index (χ2v) is 2.96. The Bertz CT molecular complexity index is 139. The summed E-state index contributed by atoms with van der Waals surface area (Å²) in [6.07, 6.45) is 2.16. The first-order valence-electron chi connectivity index (χ1n) is 4.58. The summed E-state index contributed by atoms with van der Waals surface area (Å²) in [4.78, 5) is 9.27.